The van der Waals surface area contributed by atoms with Gasteiger partial charge in [-0.25, -0.2) is 4.79 Å². The minimum Gasteiger partial charge on any atom is -0.466 e. The molecule has 0 saturated carbocycles. The van der Waals surface area contributed by atoms with Crippen molar-refractivity contribution in [2.45, 2.75) is 6.04 Å². The molecule has 0 spiro atoms. The van der Waals surface area contributed by atoms with Crippen LogP contribution in [0.2, 0.25) is 0 Å². The fourth-order valence-corrected chi connectivity index (χ4v) is 2.92. The summed E-state index contributed by atoms with van der Waals surface area (Å²) < 4.78 is 4.60. The SMILES string of the molecule is COC(=O)/C=C/c1ccc(NC(c2ccccc2)c2ccccc2)c(NO)c1. The molecule has 0 aliphatic heterocycles. The van der Waals surface area contributed by atoms with Crippen molar-refractivity contribution in [3.05, 3.63) is 102 Å². The van der Waals surface area contributed by atoms with E-state index in [2.05, 4.69) is 39.8 Å². The van der Waals surface area contributed by atoms with Crippen molar-refractivity contribution in [1.29, 1.82) is 0 Å². The van der Waals surface area contributed by atoms with Gasteiger partial charge in [0.15, 0.2) is 0 Å². The first kappa shape index (κ1) is 19.2. The van der Waals surface area contributed by atoms with E-state index in [4.69, 9.17) is 0 Å². The molecule has 0 amide bonds. The van der Waals surface area contributed by atoms with E-state index < -0.39 is 5.97 Å². The highest BCUT2D eigenvalue weighted by Crippen LogP contribution is 2.31. The summed E-state index contributed by atoms with van der Waals surface area (Å²) in [6, 6.07) is 25.6. The predicted molar refractivity (Wildman–Crippen MR) is 111 cm³/mol. The lowest BCUT2D eigenvalue weighted by Crippen LogP contribution is -2.13. The van der Waals surface area contributed by atoms with Gasteiger partial charge in [0.1, 0.15) is 0 Å². The second-order valence-corrected chi connectivity index (χ2v) is 6.17. The molecule has 0 heterocycles. The molecule has 0 aliphatic carbocycles. The molecule has 142 valence electrons. The monoisotopic (exact) mass is 374 g/mol. The molecule has 3 rings (SSSR count). The molecule has 0 unspecified atom stereocenters. The summed E-state index contributed by atoms with van der Waals surface area (Å²) in [4.78, 5) is 11.3. The zero-order valence-corrected chi connectivity index (χ0v) is 15.5. The summed E-state index contributed by atoms with van der Waals surface area (Å²) in [5.41, 5.74) is 6.43. The summed E-state index contributed by atoms with van der Waals surface area (Å²) in [6.45, 7) is 0. The number of carbonyl (C=O) groups is 1. The van der Waals surface area contributed by atoms with Crippen LogP contribution in [0.25, 0.3) is 6.08 Å². The molecule has 0 aliphatic rings. The highest BCUT2D eigenvalue weighted by atomic mass is 16.5. The van der Waals surface area contributed by atoms with Crippen LogP contribution in [0.3, 0.4) is 0 Å². The molecule has 0 saturated heterocycles. The Balaban J connectivity index is 1.92. The maximum Gasteiger partial charge on any atom is 0.330 e. The van der Waals surface area contributed by atoms with Crippen LogP contribution in [0.1, 0.15) is 22.7 Å². The van der Waals surface area contributed by atoms with Crippen LogP contribution in [0, 0.1) is 0 Å². The van der Waals surface area contributed by atoms with Crippen molar-refractivity contribution in [2.75, 3.05) is 17.9 Å². The van der Waals surface area contributed by atoms with Crippen molar-refractivity contribution < 1.29 is 14.7 Å². The Morgan fingerprint density at radius 3 is 2.07 bits per heavy atom. The Hall–Kier alpha value is -3.57. The average molecular weight is 374 g/mol. The van der Waals surface area contributed by atoms with Crippen LogP contribution >= 0.6 is 0 Å². The summed E-state index contributed by atoms with van der Waals surface area (Å²) in [5, 5.41) is 13.1. The molecule has 0 bridgehead atoms. The minimum atomic E-state index is -0.436. The van der Waals surface area contributed by atoms with Gasteiger partial charge in [-0.05, 0) is 34.9 Å². The van der Waals surface area contributed by atoms with Crippen molar-refractivity contribution in [3.63, 3.8) is 0 Å². The normalized spacial score (nSPS) is 10.8. The summed E-state index contributed by atoms with van der Waals surface area (Å²) in [7, 11) is 1.33. The average Bonchev–Trinajstić information content (AvgIpc) is 2.77. The maximum absolute atomic E-state index is 11.3. The van der Waals surface area contributed by atoms with E-state index in [0.717, 1.165) is 22.4 Å². The van der Waals surface area contributed by atoms with E-state index in [-0.39, 0.29) is 6.04 Å². The second-order valence-electron chi connectivity index (χ2n) is 6.17. The van der Waals surface area contributed by atoms with Crippen molar-refractivity contribution in [2.24, 2.45) is 0 Å². The third kappa shape index (κ3) is 4.78. The van der Waals surface area contributed by atoms with E-state index in [1.54, 1.807) is 12.1 Å². The standard InChI is InChI=1S/C23H22N2O3/c1-28-22(26)15-13-17-12-14-20(21(16-17)25-27)24-23(18-8-4-2-5-9-18)19-10-6-3-7-11-19/h2-16,23-25,27H,1H3/b15-13+. The first-order valence-corrected chi connectivity index (χ1v) is 8.88. The van der Waals surface area contributed by atoms with E-state index in [9.17, 15) is 10.0 Å². The fourth-order valence-electron chi connectivity index (χ4n) is 2.92. The molecule has 0 atom stereocenters. The number of hydrogen-bond acceptors (Lipinski definition) is 5. The maximum atomic E-state index is 11.3. The Morgan fingerprint density at radius 2 is 1.54 bits per heavy atom. The molecule has 3 N–H and O–H groups in total. The number of hydrogen-bond donors (Lipinski definition) is 3. The highest BCUT2D eigenvalue weighted by molar-refractivity contribution is 5.87. The lowest BCUT2D eigenvalue weighted by Gasteiger charge is -2.23. The number of esters is 1. The number of carbonyl (C=O) groups excluding carboxylic acids is 1. The minimum absolute atomic E-state index is 0.0917. The van der Waals surface area contributed by atoms with E-state index in [1.807, 2.05) is 48.5 Å². The summed E-state index contributed by atoms with van der Waals surface area (Å²) in [6.07, 6.45) is 2.96. The zero-order valence-electron chi connectivity index (χ0n) is 15.5. The Labute approximate surface area is 164 Å². The van der Waals surface area contributed by atoms with Crippen LogP contribution in [-0.4, -0.2) is 18.3 Å². The van der Waals surface area contributed by atoms with Crippen LogP contribution in [0.5, 0.6) is 0 Å². The van der Waals surface area contributed by atoms with Crippen LogP contribution in [0.15, 0.2) is 84.9 Å². The molecule has 0 fully saturated rings. The van der Waals surface area contributed by atoms with Crippen molar-refractivity contribution in [3.8, 4) is 0 Å². The number of rotatable bonds is 7. The lowest BCUT2D eigenvalue weighted by atomic mass is 9.98. The largest absolute Gasteiger partial charge is 0.466 e. The fraction of sp³-hybridized carbons (Fsp3) is 0.0870. The topological polar surface area (TPSA) is 70.6 Å². The molecular formula is C23H22N2O3. The van der Waals surface area contributed by atoms with Gasteiger partial charge in [0, 0.05) is 6.08 Å². The summed E-state index contributed by atoms with van der Waals surface area (Å²) >= 11 is 0. The molecule has 0 aromatic heterocycles. The second kappa shape index (κ2) is 9.39. The van der Waals surface area contributed by atoms with Crippen LogP contribution < -0.4 is 10.8 Å². The van der Waals surface area contributed by atoms with Gasteiger partial charge in [0.2, 0.25) is 0 Å². The van der Waals surface area contributed by atoms with Gasteiger partial charge in [-0.3, -0.25) is 10.7 Å². The first-order valence-electron chi connectivity index (χ1n) is 8.88. The molecule has 5 heteroatoms. The molecule has 5 nitrogen and oxygen atoms in total. The number of benzene rings is 3. The van der Waals surface area contributed by atoms with E-state index in [0.29, 0.717) is 5.69 Å². The Kier molecular flexibility index (Phi) is 6.44. The van der Waals surface area contributed by atoms with Gasteiger partial charge in [0.25, 0.3) is 0 Å². The lowest BCUT2D eigenvalue weighted by molar-refractivity contribution is -0.134. The van der Waals surface area contributed by atoms with Gasteiger partial charge in [-0.2, -0.15) is 0 Å². The van der Waals surface area contributed by atoms with Gasteiger partial charge in [-0.15, -0.1) is 0 Å². The molecular weight excluding hydrogens is 352 g/mol. The number of ether oxygens (including phenoxy) is 1. The summed E-state index contributed by atoms with van der Waals surface area (Å²) in [5.74, 6) is -0.436. The third-order valence-corrected chi connectivity index (χ3v) is 4.34. The number of anilines is 2. The third-order valence-electron chi connectivity index (χ3n) is 4.34. The van der Waals surface area contributed by atoms with Gasteiger partial charge in [-0.1, -0.05) is 66.7 Å². The number of nitrogens with one attached hydrogen (secondary N) is 2. The van der Waals surface area contributed by atoms with E-state index in [1.165, 1.54) is 13.2 Å². The highest BCUT2D eigenvalue weighted by Gasteiger charge is 2.15. The van der Waals surface area contributed by atoms with Crippen molar-refractivity contribution in [1.82, 2.24) is 0 Å². The first-order chi connectivity index (χ1) is 13.7. The Morgan fingerprint density at radius 1 is 0.929 bits per heavy atom. The predicted octanol–water partition coefficient (Wildman–Crippen LogP) is 4.88. The molecule has 0 radical (unpaired) electrons. The molecule has 3 aromatic rings. The Bertz CT molecular complexity index is 901. The quantitative estimate of drug-likeness (QED) is 0.312. The van der Waals surface area contributed by atoms with E-state index >= 15 is 0 Å². The van der Waals surface area contributed by atoms with Crippen LogP contribution in [0.4, 0.5) is 11.4 Å². The van der Waals surface area contributed by atoms with Crippen LogP contribution in [-0.2, 0) is 9.53 Å². The molecule has 28 heavy (non-hydrogen) atoms. The smallest absolute Gasteiger partial charge is 0.330 e. The number of methoxy groups -OCH3 is 1. The van der Waals surface area contributed by atoms with Gasteiger partial charge in [0.05, 0.1) is 24.5 Å². The van der Waals surface area contributed by atoms with Gasteiger partial charge >= 0.3 is 5.97 Å². The zero-order chi connectivity index (χ0) is 19.8. The van der Waals surface area contributed by atoms with Crippen molar-refractivity contribution >= 4 is 23.4 Å². The van der Waals surface area contributed by atoms with Gasteiger partial charge < -0.3 is 10.1 Å². The molecule has 3 aromatic carbocycles.